The first-order valence-corrected chi connectivity index (χ1v) is 10.1. The van der Waals surface area contributed by atoms with Gasteiger partial charge in [-0.25, -0.2) is 13.8 Å². The molecule has 164 valence electrons. The predicted molar refractivity (Wildman–Crippen MR) is 107 cm³/mol. The van der Waals surface area contributed by atoms with Crippen molar-refractivity contribution in [1.29, 1.82) is 0 Å². The number of nitrogens with one attached hydrogen (secondary N) is 2. The van der Waals surface area contributed by atoms with Crippen molar-refractivity contribution in [2.24, 2.45) is 0 Å². The average molecular weight is 453 g/mol. The minimum atomic E-state index is -0.651. The maximum atomic E-state index is 13.8. The second kappa shape index (κ2) is 8.19. The molecular formula is C20H19ClF2N4O4. The van der Waals surface area contributed by atoms with Crippen molar-refractivity contribution in [3.8, 4) is 6.01 Å². The molecule has 2 aliphatic rings. The molecule has 2 aromatic heterocycles. The smallest absolute Gasteiger partial charge is 0.296 e. The molecule has 2 saturated heterocycles. The van der Waals surface area contributed by atoms with Crippen LogP contribution in [-0.4, -0.2) is 59.7 Å². The molecule has 11 heteroatoms. The number of aromatic amines is 1. The number of anilines is 1. The van der Waals surface area contributed by atoms with Crippen molar-refractivity contribution in [3.05, 3.63) is 46.5 Å². The van der Waals surface area contributed by atoms with Gasteiger partial charge in [-0.3, -0.25) is 0 Å². The van der Waals surface area contributed by atoms with Gasteiger partial charge in [0.15, 0.2) is 11.8 Å². The molecule has 0 aliphatic carbocycles. The van der Waals surface area contributed by atoms with Crippen LogP contribution >= 0.6 is 11.6 Å². The Balaban J connectivity index is 1.32. The Hall–Kier alpha value is -2.53. The zero-order chi connectivity index (χ0) is 21.5. The highest BCUT2D eigenvalue weighted by molar-refractivity contribution is 6.33. The molecule has 0 bridgehead atoms. The molecule has 3 aromatic rings. The number of fused-ring (bicyclic) bond motifs is 2. The number of ether oxygens (including phenoxy) is 4. The molecule has 31 heavy (non-hydrogen) atoms. The van der Waals surface area contributed by atoms with Gasteiger partial charge in [-0.05, 0) is 18.2 Å². The van der Waals surface area contributed by atoms with Crippen LogP contribution < -0.4 is 10.1 Å². The summed E-state index contributed by atoms with van der Waals surface area (Å²) in [6, 6.07) is 5.55. The molecule has 1 aromatic carbocycles. The zero-order valence-corrected chi connectivity index (χ0v) is 17.2. The molecule has 0 amide bonds. The number of aromatic nitrogens is 3. The number of pyridine rings is 1. The highest BCUT2D eigenvalue weighted by Crippen LogP contribution is 2.32. The van der Waals surface area contributed by atoms with Gasteiger partial charge >= 0.3 is 0 Å². The normalized spacial score (nSPS) is 25.2. The van der Waals surface area contributed by atoms with E-state index in [2.05, 4.69) is 20.3 Å². The third kappa shape index (κ3) is 3.80. The summed E-state index contributed by atoms with van der Waals surface area (Å²) in [7, 11) is 1.62. The lowest BCUT2D eigenvalue weighted by molar-refractivity contribution is -0.0145. The summed E-state index contributed by atoms with van der Waals surface area (Å²) in [5.74, 6) is -1.05. The van der Waals surface area contributed by atoms with E-state index in [1.165, 1.54) is 18.2 Å². The van der Waals surface area contributed by atoms with Crippen LogP contribution in [0.15, 0.2) is 24.3 Å². The van der Waals surface area contributed by atoms with E-state index in [1.807, 2.05) is 0 Å². The Morgan fingerprint density at radius 1 is 1.16 bits per heavy atom. The Morgan fingerprint density at radius 2 is 1.87 bits per heavy atom. The van der Waals surface area contributed by atoms with E-state index in [1.54, 1.807) is 13.2 Å². The standard InChI is InChI=1S/C20H19ClF2N4O4/c1-28-14-7-29-17-15(8-30-16(14)17)31-20-25-13-5-10(21)18(26-19(13)27-20)24-6-9-11(22)3-2-4-12(9)23/h2-5,14-17H,6-8H2,1H3,(H2,24,25,26,27)/t14-,15-,16?,17?/m1/s1. The molecular weight excluding hydrogens is 434 g/mol. The van der Waals surface area contributed by atoms with Crippen LogP contribution in [0.3, 0.4) is 0 Å². The lowest BCUT2D eigenvalue weighted by Gasteiger charge is -2.15. The lowest BCUT2D eigenvalue weighted by atomic mass is 10.1. The van der Waals surface area contributed by atoms with Gasteiger partial charge in [-0.2, -0.15) is 4.98 Å². The summed E-state index contributed by atoms with van der Waals surface area (Å²) >= 11 is 6.28. The van der Waals surface area contributed by atoms with E-state index < -0.39 is 11.6 Å². The predicted octanol–water partition coefficient (Wildman–Crippen LogP) is 3.06. The van der Waals surface area contributed by atoms with Gasteiger partial charge in [0.1, 0.15) is 35.8 Å². The molecule has 2 N–H and O–H groups in total. The fourth-order valence-corrected chi connectivity index (χ4v) is 4.04. The van der Waals surface area contributed by atoms with Crippen molar-refractivity contribution >= 4 is 28.6 Å². The number of benzene rings is 1. The first-order chi connectivity index (χ1) is 15.0. The van der Waals surface area contributed by atoms with Crippen molar-refractivity contribution in [2.75, 3.05) is 25.6 Å². The second-order valence-electron chi connectivity index (χ2n) is 7.31. The number of hydrogen-bond donors (Lipinski definition) is 2. The van der Waals surface area contributed by atoms with E-state index >= 15 is 0 Å². The SMILES string of the molecule is CO[C@@H]1COC2C1OC[C@H]2Oc1nc2nc(NCc3c(F)cccc3F)c(Cl)cc2[nH]1. The molecule has 0 spiro atoms. The molecule has 0 saturated carbocycles. The molecule has 0 radical (unpaired) electrons. The van der Waals surface area contributed by atoms with E-state index in [0.717, 1.165) is 0 Å². The maximum absolute atomic E-state index is 13.8. The van der Waals surface area contributed by atoms with Crippen LogP contribution in [-0.2, 0) is 20.8 Å². The Labute approximate surface area is 180 Å². The second-order valence-corrected chi connectivity index (χ2v) is 7.72. The molecule has 5 rings (SSSR count). The third-order valence-electron chi connectivity index (χ3n) is 5.43. The van der Waals surface area contributed by atoms with E-state index in [-0.39, 0.29) is 53.4 Å². The summed E-state index contributed by atoms with van der Waals surface area (Å²) in [6.45, 7) is 0.674. The van der Waals surface area contributed by atoms with E-state index in [0.29, 0.717) is 24.4 Å². The number of methoxy groups -OCH3 is 1. The number of hydrogen-bond acceptors (Lipinski definition) is 7. The van der Waals surface area contributed by atoms with Crippen LogP contribution in [0.25, 0.3) is 11.2 Å². The molecule has 4 atom stereocenters. The van der Waals surface area contributed by atoms with Gasteiger partial charge in [0, 0.05) is 19.2 Å². The summed E-state index contributed by atoms with van der Waals surface area (Å²) in [5, 5.41) is 3.12. The highest BCUT2D eigenvalue weighted by atomic mass is 35.5. The van der Waals surface area contributed by atoms with Crippen molar-refractivity contribution in [2.45, 2.75) is 31.0 Å². The van der Waals surface area contributed by atoms with Crippen LogP contribution in [0.4, 0.5) is 14.6 Å². The van der Waals surface area contributed by atoms with Crippen molar-refractivity contribution in [3.63, 3.8) is 0 Å². The highest BCUT2D eigenvalue weighted by Gasteiger charge is 2.49. The molecule has 2 aliphatic heterocycles. The minimum Gasteiger partial charge on any atom is -0.456 e. The van der Waals surface area contributed by atoms with Crippen LogP contribution in [0.1, 0.15) is 5.56 Å². The number of nitrogens with zero attached hydrogens (tertiary/aromatic N) is 2. The monoisotopic (exact) mass is 452 g/mol. The zero-order valence-electron chi connectivity index (χ0n) is 16.4. The first kappa shape index (κ1) is 20.4. The van der Waals surface area contributed by atoms with Gasteiger partial charge in [-0.15, -0.1) is 0 Å². The number of imidazole rings is 1. The van der Waals surface area contributed by atoms with Crippen molar-refractivity contribution < 1.29 is 27.7 Å². The Bertz CT molecular complexity index is 1090. The maximum Gasteiger partial charge on any atom is 0.296 e. The number of H-pyrrole nitrogens is 1. The summed E-state index contributed by atoms with van der Waals surface area (Å²) in [5.41, 5.74) is 0.793. The van der Waals surface area contributed by atoms with E-state index in [4.69, 9.17) is 30.5 Å². The minimum absolute atomic E-state index is 0.103. The summed E-state index contributed by atoms with van der Waals surface area (Å²) in [6.07, 6.45) is -0.894. The quantitative estimate of drug-likeness (QED) is 0.594. The lowest BCUT2D eigenvalue weighted by Crippen LogP contribution is -2.35. The van der Waals surface area contributed by atoms with Gasteiger partial charge < -0.3 is 29.2 Å². The third-order valence-corrected chi connectivity index (χ3v) is 5.72. The molecule has 8 nitrogen and oxygen atoms in total. The Morgan fingerprint density at radius 3 is 2.61 bits per heavy atom. The van der Waals surface area contributed by atoms with Gasteiger partial charge in [0.2, 0.25) is 0 Å². The molecule has 4 heterocycles. The average Bonchev–Trinajstić information content (AvgIpc) is 3.43. The number of rotatable bonds is 6. The summed E-state index contributed by atoms with van der Waals surface area (Å²) < 4.78 is 50.5. The first-order valence-electron chi connectivity index (χ1n) is 9.69. The fourth-order valence-electron chi connectivity index (χ4n) is 3.82. The number of halogens is 3. The van der Waals surface area contributed by atoms with Crippen LogP contribution in [0.5, 0.6) is 6.01 Å². The largest absolute Gasteiger partial charge is 0.456 e. The Kier molecular flexibility index (Phi) is 5.39. The van der Waals surface area contributed by atoms with Crippen LogP contribution in [0.2, 0.25) is 5.02 Å². The molecule has 2 fully saturated rings. The van der Waals surface area contributed by atoms with Crippen LogP contribution in [0, 0.1) is 11.6 Å². The van der Waals surface area contributed by atoms with Gasteiger partial charge in [0.25, 0.3) is 6.01 Å². The van der Waals surface area contributed by atoms with Gasteiger partial charge in [0.05, 0.1) is 23.8 Å². The van der Waals surface area contributed by atoms with E-state index in [9.17, 15) is 8.78 Å². The fraction of sp³-hybridized carbons (Fsp3) is 0.400. The summed E-state index contributed by atoms with van der Waals surface area (Å²) in [4.78, 5) is 11.7. The molecule has 2 unspecified atom stereocenters. The van der Waals surface area contributed by atoms with Crippen molar-refractivity contribution in [1.82, 2.24) is 15.0 Å². The van der Waals surface area contributed by atoms with Gasteiger partial charge in [-0.1, -0.05) is 17.7 Å². The topological polar surface area (TPSA) is 90.5 Å².